The Hall–Kier alpha value is -2.11. The number of hydrogen-bond acceptors (Lipinski definition) is 3. The van der Waals surface area contributed by atoms with E-state index in [0.29, 0.717) is 13.0 Å². The van der Waals surface area contributed by atoms with Crippen LogP contribution in [0.3, 0.4) is 0 Å². The first-order valence-electron chi connectivity index (χ1n) is 6.85. The Bertz CT molecular complexity index is 483. The van der Waals surface area contributed by atoms with E-state index in [1.807, 2.05) is 30.3 Å². The lowest BCUT2D eigenvalue weighted by atomic mass is 10.1. The van der Waals surface area contributed by atoms with Gasteiger partial charge in [-0.05, 0) is 5.56 Å². The van der Waals surface area contributed by atoms with E-state index >= 15 is 0 Å². The lowest BCUT2D eigenvalue weighted by Crippen LogP contribution is -2.35. The second kappa shape index (κ2) is 7.06. The summed E-state index contributed by atoms with van der Waals surface area (Å²) in [5, 5.41) is 0. The highest BCUT2D eigenvalue weighted by Crippen LogP contribution is 2.20. The molecule has 6 heteroatoms. The third-order valence-electron chi connectivity index (χ3n) is 3.56. The molecule has 1 heterocycles. The number of halogens is 1. The molecule has 1 saturated heterocycles. The van der Waals surface area contributed by atoms with Crippen molar-refractivity contribution in [2.24, 2.45) is 5.92 Å². The molecule has 1 aliphatic heterocycles. The fourth-order valence-corrected chi connectivity index (χ4v) is 2.38. The van der Waals surface area contributed by atoms with Crippen LogP contribution in [0.1, 0.15) is 5.56 Å². The Morgan fingerprint density at radius 3 is 2.76 bits per heavy atom. The molecule has 2 atom stereocenters. The molecule has 1 fully saturated rings. The molecule has 0 saturated carbocycles. The van der Waals surface area contributed by atoms with Crippen molar-refractivity contribution in [1.82, 2.24) is 9.80 Å². The van der Waals surface area contributed by atoms with Gasteiger partial charge in [-0.25, -0.2) is 9.18 Å². The van der Waals surface area contributed by atoms with Crippen molar-refractivity contribution in [3.8, 4) is 0 Å². The Kier molecular flexibility index (Phi) is 5.14. The molecule has 0 bridgehead atoms. The van der Waals surface area contributed by atoms with E-state index in [-0.39, 0.29) is 25.6 Å². The largest absolute Gasteiger partial charge is 0.445 e. The van der Waals surface area contributed by atoms with Gasteiger partial charge in [-0.2, -0.15) is 0 Å². The Labute approximate surface area is 123 Å². The predicted octanol–water partition coefficient (Wildman–Crippen LogP) is 1.68. The number of carbonyl (C=O) groups is 2. The third-order valence-corrected chi connectivity index (χ3v) is 3.56. The summed E-state index contributed by atoms with van der Waals surface area (Å²) in [6.07, 6.45) is -0.949. The first kappa shape index (κ1) is 15.3. The van der Waals surface area contributed by atoms with Crippen LogP contribution < -0.4 is 0 Å². The smallest absolute Gasteiger partial charge is 0.409 e. The second-order valence-corrected chi connectivity index (χ2v) is 5.26. The SMILES string of the molecule is CN(C[C@H]1CN(C=O)C[C@H]1F)C(=O)OCc1ccccc1. The van der Waals surface area contributed by atoms with Gasteiger partial charge in [0.25, 0.3) is 0 Å². The van der Waals surface area contributed by atoms with E-state index in [4.69, 9.17) is 4.74 Å². The third kappa shape index (κ3) is 4.18. The molecule has 0 N–H and O–H groups in total. The number of amides is 2. The van der Waals surface area contributed by atoms with E-state index in [2.05, 4.69) is 0 Å². The number of likely N-dealkylation sites (tertiary alicyclic amines) is 1. The minimum atomic E-state index is -1.10. The number of ether oxygens (including phenoxy) is 1. The van der Waals surface area contributed by atoms with E-state index in [0.717, 1.165) is 5.56 Å². The second-order valence-electron chi connectivity index (χ2n) is 5.26. The molecule has 0 aliphatic carbocycles. The van der Waals surface area contributed by atoms with Gasteiger partial charge in [0.2, 0.25) is 6.41 Å². The van der Waals surface area contributed by atoms with Gasteiger partial charge >= 0.3 is 6.09 Å². The summed E-state index contributed by atoms with van der Waals surface area (Å²) in [6, 6.07) is 9.35. The summed E-state index contributed by atoms with van der Waals surface area (Å²) in [5.41, 5.74) is 0.899. The van der Waals surface area contributed by atoms with E-state index in [1.54, 1.807) is 7.05 Å². The molecule has 1 aromatic carbocycles. The maximum atomic E-state index is 13.7. The fraction of sp³-hybridized carbons (Fsp3) is 0.467. The van der Waals surface area contributed by atoms with Crippen molar-refractivity contribution >= 4 is 12.5 Å². The van der Waals surface area contributed by atoms with Crippen molar-refractivity contribution < 1.29 is 18.7 Å². The molecule has 2 amide bonds. The van der Waals surface area contributed by atoms with Crippen LogP contribution in [0.25, 0.3) is 0 Å². The fourth-order valence-electron chi connectivity index (χ4n) is 2.38. The van der Waals surface area contributed by atoms with Crippen LogP contribution in [0.2, 0.25) is 0 Å². The molecule has 114 valence electrons. The highest BCUT2D eigenvalue weighted by Gasteiger charge is 2.33. The van der Waals surface area contributed by atoms with Crippen molar-refractivity contribution in [3.05, 3.63) is 35.9 Å². The zero-order valence-electron chi connectivity index (χ0n) is 11.9. The number of hydrogen-bond donors (Lipinski definition) is 0. The molecule has 2 rings (SSSR count). The Balaban J connectivity index is 1.79. The summed E-state index contributed by atoms with van der Waals surface area (Å²) < 4.78 is 18.9. The topological polar surface area (TPSA) is 49.9 Å². The summed E-state index contributed by atoms with van der Waals surface area (Å²) in [7, 11) is 1.57. The van der Waals surface area contributed by atoms with E-state index < -0.39 is 12.3 Å². The monoisotopic (exact) mass is 294 g/mol. The van der Waals surface area contributed by atoms with Gasteiger partial charge in [-0.1, -0.05) is 30.3 Å². The van der Waals surface area contributed by atoms with Crippen LogP contribution in [0.4, 0.5) is 9.18 Å². The molecule has 0 radical (unpaired) electrons. The number of benzene rings is 1. The van der Waals surface area contributed by atoms with Gasteiger partial charge in [-0.15, -0.1) is 0 Å². The molecule has 1 aliphatic rings. The van der Waals surface area contributed by atoms with Gasteiger partial charge in [0.15, 0.2) is 0 Å². The zero-order chi connectivity index (χ0) is 15.2. The molecule has 0 unspecified atom stereocenters. The summed E-state index contributed by atoms with van der Waals surface area (Å²) >= 11 is 0. The van der Waals surface area contributed by atoms with Crippen LogP contribution in [0.15, 0.2) is 30.3 Å². The van der Waals surface area contributed by atoms with Gasteiger partial charge in [0.05, 0.1) is 6.54 Å². The first-order chi connectivity index (χ1) is 10.1. The highest BCUT2D eigenvalue weighted by atomic mass is 19.1. The molecule has 0 aromatic heterocycles. The van der Waals surface area contributed by atoms with Crippen molar-refractivity contribution in [2.75, 3.05) is 26.7 Å². The number of rotatable bonds is 5. The van der Waals surface area contributed by atoms with E-state index in [9.17, 15) is 14.0 Å². The molecule has 21 heavy (non-hydrogen) atoms. The zero-order valence-corrected chi connectivity index (χ0v) is 11.9. The lowest BCUT2D eigenvalue weighted by Gasteiger charge is -2.21. The quantitative estimate of drug-likeness (QED) is 0.776. The van der Waals surface area contributed by atoms with Crippen LogP contribution in [0, 0.1) is 5.92 Å². The standard InChI is InChI=1S/C15H19FN2O3/c1-17(7-13-8-18(11-19)9-14(13)16)15(20)21-10-12-5-3-2-4-6-12/h2-6,11,13-14H,7-10H2,1H3/t13-,14+/m0/s1. The molecule has 5 nitrogen and oxygen atoms in total. The van der Waals surface area contributed by atoms with Crippen molar-refractivity contribution in [1.29, 1.82) is 0 Å². The average molecular weight is 294 g/mol. The van der Waals surface area contributed by atoms with Gasteiger partial charge < -0.3 is 14.5 Å². The number of alkyl halides is 1. The number of nitrogens with zero attached hydrogens (tertiary/aromatic N) is 2. The molecular formula is C15H19FN2O3. The van der Waals surface area contributed by atoms with Crippen LogP contribution in [-0.2, 0) is 16.1 Å². The minimum absolute atomic E-state index is 0.0983. The Morgan fingerprint density at radius 1 is 1.43 bits per heavy atom. The lowest BCUT2D eigenvalue weighted by molar-refractivity contribution is -0.117. The maximum Gasteiger partial charge on any atom is 0.409 e. The molecular weight excluding hydrogens is 275 g/mol. The minimum Gasteiger partial charge on any atom is -0.445 e. The molecule has 0 spiro atoms. The van der Waals surface area contributed by atoms with E-state index in [1.165, 1.54) is 9.80 Å². The van der Waals surface area contributed by atoms with Crippen LogP contribution in [-0.4, -0.2) is 55.2 Å². The summed E-state index contributed by atoms with van der Waals surface area (Å²) in [5.74, 6) is -0.357. The number of carbonyl (C=O) groups excluding carboxylic acids is 2. The molecule has 1 aromatic rings. The maximum absolute atomic E-state index is 13.7. The normalized spacial score (nSPS) is 21.1. The van der Waals surface area contributed by atoms with Crippen molar-refractivity contribution in [3.63, 3.8) is 0 Å². The van der Waals surface area contributed by atoms with Gasteiger partial charge in [-0.3, -0.25) is 4.79 Å². The Morgan fingerprint density at radius 2 is 2.14 bits per heavy atom. The average Bonchev–Trinajstić information content (AvgIpc) is 2.86. The van der Waals surface area contributed by atoms with Crippen LogP contribution in [0.5, 0.6) is 0 Å². The summed E-state index contributed by atoms with van der Waals surface area (Å²) in [4.78, 5) is 25.2. The van der Waals surface area contributed by atoms with Gasteiger partial charge in [0, 0.05) is 26.1 Å². The van der Waals surface area contributed by atoms with Gasteiger partial charge in [0.1, 0.15) is 12.8 Å². The van der Waals surface area contributed by atoms with Crippen molar-refractivity contribution in [2.45, 2.75) is 12.8 Å². The first-order valence-corrected chi connectivity index (χ1v) is 6.85. The highest BCUT2D eigenvalue weighted by molar-refractivity contribution is 5.67. The van der Waals surface area contributed by atoms with Crippen LogP contribution >= 0.6 is 0 Å². The summed E-state index contributed by atoms with van der Waals surface area (Å²) in [6.45, 7) is 0.857. The predicted molar refractivity (Wildman–Crippen MR) is 75.3 cm³/mol.